The number of rotatable bonds is 36. The van der Waals surface area contributed by atoms with Gasteiger partial charge in [-0.25, -0.2) is 4.79 Å². The fourth-order valence-electron chi connectivity index (χ4n) is 5.54. The average Bonchev–Trinajstić information content (AvgIpc) is 3.17. The van der Waals surface area contributed by atoms with Crippen LogP contribution in [0.1, 0.15) is 129 Å². The second-order valence-corrected chi connectivity index (χ2v) is 15.1. The highest BCUT2D eigenvalue weighted by atomic mass is 16.6. The van der Waals surface area contributed by atoms with E-state index in [0.717, 1.165) is 89.9 Å². The van der Waals surface area contributed by atoms with E-state index in [1.54, 1.807) is 0 Å². The molecule has 0 saturated heterocycles. The molecule has 320 valence electrons. The van der Waals surface area contributed by atoms with E-state index in [-0.39, 0.29) is 42.7 Å². The molecule has 0 aliphatic heterocycles. The molecular formula is C49H78NO7+. The van der Waals surface area contributed by atoms with E-state index in [9.17, 15) is 19.5 Å². The fraction of sp³-hybridized carbons (Fsp3) is 0.571. The topological polar surface area (TPSA) is 99.1 Å². The van der Waals surface area contributed by atoms with Crippen molar-refractivity contribution >= 4 is 17.9 Å². The Bertz CT molecular complexity index is 1290. The summed E-state index contributed by atoms with van der Waals surface area (Å²) in [6.45, 7) is 4.42. The number of hydrogen-bond donors (Lipinski definition) is 1. The van der Waals surface area contributed by atoms with Crippen molar-refractivity contribution in [1.29, 1.82) is 0 Å². The number of aliphatic carboxylic acids is 1. The lowest BCUT2D eigenvalue weighted by Gasteiger charge is -2.31. The van der Waals surface area contributed by atoms with Gasteiger partial charge < -0.3 is 23.8 Å². The molecule has 2 unspecified atom stereocenters. The molecule has 0 spiro atoms. The van der Waals surface area contributed by atoms with Gasteiger partial charge >= 0.3 is 17.9 Å². The van der Waals surface area contributed by atoms with Gasteiger partial charge in [-0.15, -0.1) is 0 Å². The number of allylic oxidation sites excluding steroid dienone is 18. The van der Waals surface area contributed by atoms with Crippen LogP contribution in [0.25, 0.3) is 0 Å². The average molecular weight is 793 g/mol. The van der Waals surface area contributed by atoms with Crippen LogP contribution in [0.3, 0.4) is 0 Å². The van der Waals surface area contributed by atoms with E-state index in [0.29, 0.717) is 12.8 Å². The van der Waals surface area contributed by atoms with Crippen molar-refractivity contribution in [2.45, 2.75) is 142 Å². The highest BCUT2D eigenvalue weighted by molar-refractivity contribution is 5.72. The zero-order chi connectivity index (χ0) is 42.1. The molecule has 1 N–H and O–H groups in total. The molecule has 0 aromatic heterocycles. The summed E-state index contributed by atoms with van der Waals surface area (Å²) in [6, 6.07) is -0.630. The quantitative estimate of drug-likeness (QED) is 0.0292. The number of carbonyl (C=O) groups excluding carboxylic acids is 2. The Hall–Kier alpha value is -4.01. The van der Waals surface area contributed by atoms with Crippen molar-refractivity contribution in [3.63, 3.8) is 0 Å². The predicted molar refractivity (Wildman–Crippen MR) is 238 cm³/mol. The summed E-state index contributed by atoms with van der Waals surface area (Å²) in [4.78, 5) is 37.0. The van der Waals surface area contributed by atoms with Crippen LogP contribution in [0.5, 0.6) is 0 Å². The zero-order valence-electron chi connectivity index (χ0n) is 36.2. The molecule has 2 atom stereocenters. The molecule has 0 aromatic carbocycles. The molecule has 0 bridgehead atoms. The van der Waals surface area contributed by atoms with Crippen LogP contribution in [0, 0.1) is 0 Å². The third-order valence-electron chi connectivity index (χ3n) is 8.86. The van der Waals surface area contributed by atoms with Crippen LogP contribution in [-0.4, -0.2) is 80.6 Å². The van der Waals surface area contributed by atoms with Gasteiger partial charge in [-0.1, -0.05) is 168 Å². The summed E-state index contributed by atoms with van der Waals surface area (Å²) in [7, 11) is 5.49. The molecular weight excluding hydrogens is 715 g/mol. The second kappa shape index (κ2) is 38.8. The van der Waals surface area contributed by atoms with Crippen molar-refractivity contribution in [3.8, 4) is 0 Å². The maximum absolute atomic E-state index is 12.7. The Balaban J connectivity index is 4.48. The Labute approximate surface area is 347 Å². The number of unbranched alkanes of at least 4 members (excludes halogenated alkanes) is 11. The van der Waals surface area contributed by atoms with Crippen molar-refractivity contribution in [3.05, 3.63) is 109 Å². The van der Waals surface area contributed by atoms with Gasteiger partial charge in [0.2, 0.25) is 0 Å². The number of hydrogen-bond acceptors (Lipinski definition) is 6. The van der Waals surface area contributed by atoms with Gasteiger partial charge in [0.25, 0.3) is 0 Å². The van der Waals surface area contributed by atoms with Crippen molar-refractivity contribution < 1.29 is 38.2 Å². The van der Waals surface area contributed by atoms with E-state index in [1.165, 1.54) is 6.42 Å². The van der Waals surface area contributed by atoms with Gasteiger partial charge in [0, 0.05) is 19.3 Å². The highest BCUT2D eigenvalue weighted by Gasteiger charge is 2.31. The van der Waals surface area contributed by atoms with Gasteiger partial charge in [-0.3, -0.25) is 9.59 Å². The number of likely N-dealkylation sites (N-methyl/N-ethyl adjacent to an activating group) is 1. The van der Waals surface area contributed by atoms with Crippen LogP contribution in [0.2, 0.25) is 0 Å². The highest BCUT2D eigenvalue weighted by Crippen LogP contribution is 2.12. The van der Waals surface area contributed by atoms with Crippen molar-refractivity contribution in [2.75, 3.05) is 41.0 Å². The van der Waals surface area contributed by atoms with Crippen LogP contribution < -0.4 is 0 Å². The zero-order valence-corrected chi connectivity index (χ0v) is 36.2. The maximum atomic E-state index is 12.7. The molecule has 8 heteroatoms. The number of nitrogens with zero attached hydrogens (tertiary/aromatic N) is 1. The standard InChI is InChI=1S/C49H77NO7/c1-6-8-10-12-14-16-18-20-22-23-24-26-27-29-31-33-35-37-39-47(51)56-44-45(43-55-42-41-46(49(53)54)50(3,4)5)57-48(52)40-38-36-34-32-30-28-25-21-19-17-15-13-11-9-7-2/h9-26,45-46H,6-8,27-44H2,1-5H3/p+1/b11-9+,12-10+,15-13+,16-14+,19-17+,20-18+,23-22+,25-21+,26-24+. The number of ether oxygens (including phenoxy) is 3. The van der Waals surface area contributed by atoms with Gasteiger partial charge in [-0.2, -0.15) is 0 Å². The third-order valence-corrected chi connectivity index (χ3v) is 8.86. The smallest absolute Gasteiger partial charge is 0.362 e. The predicted octanol–water partition coefficient (Wildman–Crippen LogP) is 11.7. The lowest BCUT2D eigenvalue weighted by atomic mass is 10.1. The molecule has 0 heterocycles. The molecule has 8 nitrogen and oxygen atoms in total. The summed E-state index contributed by atoms with van der Waals surface area (Å²) in [5.74, 6) is -1.55. The van der Waals surface area contributed by atoms with E-state index in [2.05, 4.69) is 56.4 Å². The molecule has 0 radical (unpaired) electrons. The number of quaternary nitrogens is 1. The summed E-state index contributed by atoms with van der Waals surface area (Å²) in [5.41, 5.74) is 0. The molecule has 0 aromatic rings. The Morgan fingerprint density at radius 3 is 1.46 bits per heavy atom. The third kappa shape index (κ3) is 37.3. The molecule has 0 rings (SSSR count). The number of esters is 2. The molecule has 0 saturated carbocycles. The summed E-state index contributed by atoms with van der Waals surface area (Å²) in [6.07, 6.45) is 52.6. The molecule has 0 aliphatic carbocycles. The van der Waals surface area contributed by atoms with Crippen LogP contribution >= 0.6 is 0 Å². The number of carbonyl (C=O) groups is 3. The van der Waals surface area contributed by atoms with Crippen molar-refractivity contribution in [2.24, 2.45) is 0 Å². The monoisotopic (exact) mass is 793 g/mol. The lowest BCUT2D eigenvalue weighted by Crippen LogP contribution is -2.50. The number of carboxylic acids is 1. The molecule has 0 amide bonds. The van der Waals surface area contributed by atoms with E-state index in [1.807, 2.05) is 88.0 Å². The van der Waals surface area contributed by atoms with E-state index >= 15 is 0 Å². The van der Waals surface area contributed by atoms with E-state index in [4.69, 9.17) is 14.2 Å². The first kappa shape index (κ1) is 53.0. The second-order valence-electron chi connectivity index (χ2n) is 15.1. The van der Waals surface area contributed by atoms with Gasteiger partial charge in [0.05, 0.1) is 34.4 Å². The summed E-state index contributed by atoms with van der Waals surface area (Å²) >= 11 is 0. The van der Waals surface area contributed by atoms with Crippen LogP contribution in [0.4, 0.5) is 0 Å². The first-order valence-corrected chi connectivity index (χ1v) is 21.5. The molecule has 0 fully saturated rings. The minimum atomic E-state index is -0.890. The minimum absolute atomic E-state index is 0.0344. The van der Waals surface area contributed by atoms with Crippen LogP contribution in [-0.2, 0) is 28.6 Å². The lowest BCUT2D eigenvalue weighted by molar-refractivity contribution is -0.887. The largest absolute Gasteiger partial charge is 0.477 e. The molecule has 57 heavy (non-hydrogen) atoms. The van der Waals surface area contributed by atoms with Crippen molar-refractivity contribution in [1.82, 2.24) is 0 Å². The first-order chi connectivity index (χ1) is 27.6. The number of carboxylic acid groups (broad SMARTS) is 1. The summed E-state index contributed by atoms with van der Waals surface area (Å²) in [5, 5.41) is 9.62. The Morgan fingerprint density at radius 2 is 0.982 bits per heavy atom. The normalized spacial score (nSPS) is 14.1. The Kier molecular flexibility index (Phi) is 36.1. The molecule has 0 aliphatic rings. The Morgan fingerprint density at radius 1 is 0.544 bits per heavy atom. The maximum Gasteiger partial charge on any atom is 0.362 e. The van der Waals surface area contributed by atoms with Gasteiger partial charge in [-0.05, 0) is 51.4 Å². The fourth-order valence-corrected chi connectivity index (χ4v) is 5.54. The van der Waals surface area contributed by atoms with Gasteiger partial charge in [0.15, 0.2) is 12.1 Å². The first-order valence-electron chi connectivity index (χ1n) is 21.5. The van der Waals surface area contributed by atoms with Crippen LogP contribution in [0.15, 0.2) is 109 Å². The van der Waals surface area contributed by atoms with E-state index < -0.39 is 18.1 Å². The summed E-state index contributed by atoms with van der Waals surface area (Å²) < 4.78 is 17.2. The minimum Gasteiger partial charge on any atom is -0.477 e. The van der Waals surface area contributed by atoms with Gasteiger partial charge in [0.1, 0.15) is 6.61 Å². The SMILES string of the molecule is CC/C=C/C=C/C=C/C=C/CCCCCCCC(=O)OC(COCCC(C(=O)O)[N+](C)(C)C)COC(=O)CCCCCCC/C=C/C=C/C=C/C=C/C=C/CCC.